The summed E-state index contributed by atoms with van der Waals surface area (Å²) in [6, 6.07) is 11.5. The molecule has 98 valence electrons. The van der Waals surface area contributed by atoms with Crippen LogP contribution in [0.2, 0.25) is 0 Å². The average Bonchev–Trinajstić information content (AvgIpc) is 2.37. The fourth-order valence-electron chi connectivity index (χ4n) is 3.84. The van der Waals surface area contributed by atoms with Crippen molar-refractivity contribution in [2.75, 3.05) is 33.2 Å². The third-order valence-corrected chi connectivity index (χ3v) is 4.62. The van der Waals surface area contributed by atoms with Gasteiger partial charge in [0.2, 0.25) is 0 Å². The van der Waals surface area contributed by atoms with Crippen LogP contribution in [0.5, 0.6) is 0 Å². The molecule has 1 aromatic carbocycles. The van der Waals surface area contributed by atoms with Crippen molar-refractivity contribution in [3.63, 3.8) is 0 Å². The van der Waals surface area contributed by atoms with Crippen molar-refractivity contribution in [1.82, 2.24) is 9.80 Å². The zero-order chi connectivity index (χ0) is 12.5. The van der Waals surface area contributed by atoms with Gasteiger partial charge in [-0.15, -0.1) is 0 Å². The van der Waals surface area contributed by atoms with Gasteiger partial charge in [0, 0.05) is 32.2 Å². The summed E-state index contributed by atoms with van der Waals surface area (Å²) in [5, 5.41) is 0. The van der Waals surface area contributed by atoms with Gasteiger partial charge in [-0.3, -0.25) is 4.90 Å². The summed E-state index contributed by atoms with van der Waals surface area (Å²) in [7, 11) is 2.27. The van der Waals surface area contributed by atoms with Crippen LogP contribution >= 0.6 is 0 Å². The van der Waals surface area contributed by atoms with Gasteiger partial charge < -0.3 is 4.90 Å². The number of fused-ring (bicyclic) bond motifs is 2. The number of likely N-dealkylation sites (tertiary alicyclic amines) is 2. The Labute approximate surface area is 111 Å². The van der Waals surface area contributed by atoms with Gasteiger partial charge in [-0.05, 0) is 37.8 Å². The molecule has 0 spiro atoms. The highest BCUT2D eigenvalue weighted by Crippen LogP contribution is 2.32. The number of rotatable bonds is 2. The Morgan fingerprint density at radius 1 is 1.00 bits per heavy atom. The van der Waals surface area contributed by atoms with Gasteiger partial charge >= 0.3 is 0 Å². The van der Waals surface area contributed by atoms with E-state index in [0.717, 1.165) is 11.8 Å². The van der Waals surface area contributed by atoms with E-state index < -0.39 is 0 Å². The molecule has 0 N–H and O–H groups in total. The van der Waals surface area contributed by atoms with Crippen LogP contribution < -0.4 is 0 Å². The summed E-state index contributed by atoms with van der Waals surface area (Å²) < 4.78 is 0. The molecule has 0 saturated carbocycles. The monoisotopic (exact) mass is 244 g/mol. The molecular weight excluding hydrogens is 220 g/mol. The normalized spacial score (nSPS) is 31.2. The first-order chi connectivity index (χ1) is 8.72. The van der Waals surface area contributed by atoms with E-state index in [1.54, 1.807) is 0 Å². The summed E-state index contributed by atoms with van der Waals surface area (Å²) in [5.41, 5.74) is 1.46. The predicted octanol–water partition coefficient (Wildman–Crippen LogP) is 2.63. The fraction of sp³-hybridized carbons (Fsp3) is 0.625. The van der Waals surface area contributed by atoms with Crippen LogP contribution in [0.1, 0.15) is 24.9 Å². The van der Waals surface area contributed by atoms with Crippen molar-refractivity contribution in [3.8, 4) is 0 Å². The van der Waals surface area contributed by atoms with Crippen LogP contribution in [0.25, 0.3) is 0 Å². The van der Waals surface area contributed by atoms with Crippen molar-refractivity contribution in [2.45, 2.75) is 19.4 Å². The van der Waals surface area contributed by atoms with Gasteiger partial charge in [0.1, 0.15) is 0 Å². The van der Waals surface area contributed by atoms with Crippen molar-refractivity contribution < 1.29 is 0 Å². The minimum atomic E-state index is 0.569. The molecule has 3 rings (SSSR count). The molecule has 0 amide bonds. The Balaban J connectivity index is 1.71. The molecule has 0 radical (unpaired) electrons. The molecule has 2 fully saturated rings. The van der Waals surface area contributed by atoms with Gasteiger partial charge in [-0.1, -0.05) is 30.3 Å². The Kier molecular flexibility index (Phi) is 3.40. The fourth-order valence-corrected chi connectivity index (χ4v) is 3.84. The van der Waals surface area contributed by atoms with Gasteiger partial charge in [-0.2, -0.15) is 0 Å². The maximum absolute atomic E-state index is 2.70. The van der Waals surface area contributed by atoms with E-state index in [0.29, 0.717) is 6.04 Å². The lowest BCUT2D eigenvalue weighted by Crippen LogP contribution is -2.51. The summed E-state index contributed by atoms with van der Waals surface area (Å²) >= 11 is 0. The van der Waals surface area contributed by atoms with Gasteiger partial charge in [0.25, 0.3) is 0 Å². The summed E-state index contributed by atoms with van der Waals surface area (Å²) in [4.78, 5) is 5.21. The van der Waals surface area contributed by atoms with Crippen LogP contribution in [0.4, 0.5) is 0 Å². The first-order valence-corrected chi connectivity index (χ1v) is 7.20. The average molecular weight is 244 g/mol. The maximum Gasteiger partial charge on any atom is 0.0320 e. The van der Waals surface area contributed by atoms with Crippen LogP contribution in [0.15, 0.2) is 30.3 Å². The second-order valence-corrected chi connectivity index (χ2v) is 6.23. The van der Waals surface area contributed by atoms with E-state index in [-0.39, 0.29) is 0 Å². The summed E-state index contributed by atoms with van der Waals surface area (Å²) in [6.07, 6.45) is 1.45. The minimum Gasteiger partial charge on any atom is -0.306 e. The number of hydrogen-bond donors (Lipinski definition) is 0. The molecule has 18 heavy (non-hydrogen) atoms. The molecule has 2 bridgehead atoms. The largest absolute Gasteiger partial charge is 0.306 e. The first kappa shape index (κ1) is 12.2. The number of piperidine rings is 2. The Bertz CT molecular complexity index is 371. The lowest BCUT2D eigenvalue weighted by molar-refractivity contribution is 0.0236. The van der Waals surface area contributed by atoms with Gasteiger partial charge in [0.15, 0.2) is 0 Å². The molecule has 1 unspecified atom stereocenters. The highest BCUT2D eigenvalue weighted by atomic mass is 15.2. The standard InChI is InChI=1S/C16H24N2/c1-13(16-6-4-3-5-7-16)18-11-14-8-15(12-18)10-17(2)9-14/h3-7,13-15H,8-12H2,1-2H3/t13-,14-,15?/m0/s1. The van der Waals surface area contributed by atoms with Crippen LogP contribution in [-0.4, -0.2) is 43.0 Å². The molecule has 1 aromatic rings. The Hall–Kier alpha value is -0.860. The lowest BCUT2D eigenvalue weighted by Gasteiger charge is -2.46. The molecule has 0 aromatic heterocycles. The predicted molar refractivity (Wildman–Crippen MR) is 75.5 cm³/mol. The van der Waals surface area contributed by atoms with E-state index in [1.807, 2.05) is 0 Å². The quantitative estimate of drug-likeness (QED) is 0.789. The zero-order valence-corrected chi connectivity index (χ0v) is 11.5. The molecule has 2 aliphatic heterocycles. The molecule has 2 nitrogen and oxygen atoms in total. The molecule has 2 aliphatic rings. The summed E-state index contributed by atoms with van der Waals surface area (Å²) in [5.74, 6) is 1.77. The number of nitrogens with zero attached hydrogens (tertiary/aromatic N) is 2. The molecule has 0 aliphatic carbocycles. The SMILES string of the molecule is C[C@@H](c1ccccc1)N1CC2C[C@@H](CN(C)C2)C1. The third-order valence-electron chi connectivity index (χ3n) is 4.62. The third kappa shape index (κ3) is 2.45. The smallest absolute Gasteiger partial charge is 0.0320 e. The second kappa shape index (κ2) is 5.02. The van der Waals surface area contributed by atoms with Crippen molar-refractivity contribution in [1.29, 1.82) is 0 Å². The first-order valence-electron chi connectivity index (χ1n) is 7.20. The highest BCUT2D eigenvalue weighted by molar-refractivity contribution is 5.18. The number of hydrogen-bond acceptors (Lipinski definition) is 2. The highest BCUT2D eigenvalue weighted by Gasteiger charge is 2.34. The minimum absolute atomic E-state index is 0.569. The van der Waals surface area contributed by atoms with Crippen LogP contribution in [-0.2, 0) is 0 Å². The summed E-state index contributed by atoms with van der Waals surface area (Å²) in [6.45, 7) is 7.48. The van der Waals surface area contributed by atoms with Crippen LogP contribution in [0.3, 0.4) is 0 Å². The molecule has 2 saturated heterocycles. The molecule has 2 heteroatoms. The van der Waals surface area contributed by atoms with Gasteiger partial charge in [0.05, 0.1) is 0 Å². The molecule has 2 heterocycles. The van der Waals surface area contributed by atoms with Crippen LogP contribution in [0, 0.1) is 11.8 Å². The van der Waals surface area contributed by atoms with E-state index in [4.69, 9.17) is 0 Å². The Morgan fingerprint density at radius 3 is 2.22 bits per heavy atom. The molecule has 3 atom stereocenters. The van der Waals surface area contributed by atoms with Crippen molar-refractivity contribution in [3.05, 3.63) is 35.9 Å². The van der Waals surface area contributed by atoms with E-state index >= 15 is 0 Å². The molecular formula is C16H24N2. The van der Waals surface area contributed by atoms with Crippen molar-refractivity contribution >= 4 is 0 Å². The van der Waals surface area contributed by atoms with E-state index in [2.05, 4.69) is 54.1 Å². The topological polar surface area (TPSA) is 6.48 Å². The number of benzene rings is 1. The maximum atomic E-state index is 2.70. The second-order valence-electron chi connectivity index (χ2n) is 6.23. The zero-order valence-electron chi connectivity index (χ0n) is 11.5. The van der Waals surface area contributed by atoms with E-state index in [1.165, 1.54) is 38.2 Å². The Morgan fingerprint density at radius 2 is 1.61 bits per heavy atom. The van der Waals surface area contributed by atoms with Gasteiger partial charge in [-0.25, -0.2) is 0 Å². The lowest BCUT2D eigenvalue weighted by atomic mass is 9.84. The van der Waals surface area contributed by atoms with E-state index in [9.17, 15) is 0 Å². The van der Waals surface area contributed by atoms with Crippen molar-refractivity contribution in [2.24, 2.45) is 11.8 Å².